The predicted octanol–water partition coefficient (Wildman–Crippen LogP) is 4.56. The van der Waals surface area contributed by atoms with Crippen molar-refractivity contribution in [1.29, 1.82) is 0 Å². The zero-order valence-corrected chi connectivity index (χ0v) is 18.3. The van der Waals surface area contributed by atoms with Crippen LogP contribution < -0.4 is 15.0 Å². The molecule has 0 bridgehead atoms. The molecular formula is C22H21F3N2O4S. The number of methoxy groups -OCH3 is 1. The van der Waals surface area contributed by atoms with E-state index in [1.165, 1.54) is 36.2 Å². The summed E-state index contributed by atoms with van der Waals surface area (Å²) in [5.74, 6) is 0.771. The molecule has 0 fully saturated rings. The van der Waals surface area contributed by atoms with Gasteiger partial charge in [0.15, 0.2) is 16.5 Å². The predicted molar refractivity (Wildman–Crippen MR) is 114 cm³/mol. The van der Waals surface area contributed by atoms with Gasteiger partial charge in [0.05, 0.1) is 24.0 Å². The van der Waals surface area contributed by atoms with Gasteiger partial charge in [-0.15, -0.1) is 0 Å². The Labute approximate surface area is 186 Å². The van der Waals surface area contributed by atoms with E-state index in [-0.39, 0.29) is 11.6 Å². The molecule has 32 heavy (non-hydrogen) atoms. The Morgan fingerprint density at radius 2 is 1.78 bits per heavy atom. The molecule has 0 aliphatic heterocycles. The van der Waals surface area contributed by atoms with Crippen LogP contribution in [-0.4, -0.2) is 34.0 Å². The summed E-state index contributed by atoms with van der Waals surface area (Å²) in [6.45, 7) is 3.27. The van der Waals surface area contributed by atoms with Crippen molar-refractivity contribution in [2.75, 3.05) is 13.7 Å². The Balaban J connectivity index is 1.87. The van der Waals surface area contributed by atoms with Crippen LogP contribution in [0.25, 0.3) is 5.69 Å². The van der Waals surface area contributed by atoms with Gasteiger partial charge in [-0.3, -0.25) is 9.36 Å². The van der Waals surface area contributed by atoms with E-state index < -0.39 is 22.9 Å². The molecule has 0 aliphatic carbocycles. The van der Waals surface area contributed by atoms with E-state index in [0.717, 1.165) is 23.9 Å². The molecule has 0 spiro atoms. The van der Waals surface area contributed by atoms with Gasteiger partial charge in [-0.1, -0.05) is 11.8 Å². The first kappa shape index (κ1) is 23.7. The fourth-order valence-electron chi connectivity index (χ4n) is 2.67. The molecule has 3 rings (SSSR count). The van der Waals surface area contributed by atoms with E-state index in [9.17, 15) is 23.1 Å². The van der Waals surface area contributed by atoms with Crippen LogP contribution in [0.4, 0.5) is 13.2 Å². The van der Waals surface area contributed by atoms with Gasteiger partial charge in [0.2, 0.25) is 0 Å². The van der Waals surface area contributed by atoms with E-state index in [1.807, 2.05) is 0 Å². The highest BCUT2D eigenvalue weighted by Gasteiger charge is 2.30. The Morgan fingerprint density at radius 1 is 1.09 bits per heavy atom. The first-order valence-corrected chi connectivity index (χ1v) is 10.3. The molecule has 1 N–H and O–H groups in total. The van der Waals surface area contributed by atoms with Crippen molar-refractivity contribution in [2.45, 2.75) is 35.5 Å². The number of nitrogens with zero attached hydrogens (tertiary/aromatic N) is 2. The lowest BCUT2D eigenvalue weighted by molar-refractivity contribution is -0.137. The number of alkyl halides is 3. The quantitative estimate of drug-likeness (QED) is 0.550. The normalized spacial score (nSPS) is 12.0. The maximum atomic E-state index is 12.9. The Hall–Kier alpha value is -2.98. The SMILES string of the molecule is COc1cc(-n2ccnc(Sc3ccc(C(F)(F)F)cc3)c2=O)ccc1OCC(C)(C)O. The van der Waals surface area contributed by atoms with Crippen molar-refractivity contribution < 1.29 is 27.8 Å². The fraction of sp³-hybridized carbons (Fsp3) is 0.273. The summed E-state index contributed by atoms with van der Waals surface area (Å²) < 4.78 is 50.5. The van der Waals surface area contributed by atoms with Gasteiger partial charge in [0.25, 0.3) is 5.56 Å². The fourth-order valence-corrected chi connectivity index (χ4v) is 3.46. The van der Waals surface area contributed by atoms with Crippen molar-refractivity contribution in [3.63, 3.8) is 0 Å². The molecule has 1 heterocycles. The van der Waals surface area contributed by atoms with E-state index in [1.54, 1.807) is 32.0 Å². The molecule has 6 nitrogen and oxygen atoms in total. The molecule has 2 aromatic carbocycles. The monoisotopic (exact) mass is 466 g/mol. The second-order valence-electron chi connectivity index (χ2n) is 7.47. The molecule has 0 atom stereocenters. The number of benzene rings is 2. The number of hydrogen-bond donors (Lipinski definition) is 1. The topological polar surface area (TPSA) is 73.6 Å². The first-order chi connectivity index (χ1) is 15.0. The zero-order chi connectivity index (χ0) is 23.5. The second kappa shape index (κ2) is 9.25. The van der Waals surface area contributed by atoms with E-state index >= 15 is 0 Å². The lowest BCUT2D eigenvalue weighted by Crippen LogP contribution is -2.28. The molecule has 0 saturated heterocycles. The van der Waals surface area contributed by atoms with Crippen molar-refractivity contribution in [1.82, 2.24) is 9.55 Å². The average molecular weight is 466 g/mol. The molecule has 0 aliphatic rings. The second-order valence-corrected chi connectivity index (χ2v) is 8.53. The molecule has 0 saturated carbocycles. The summed E-state index contributed by atoms with van der Waals surface area (Å²) in [7, 11) is 1.46. The van der Waals surface area contributed by atoms with Crippen molar-refractivity contribution in [2.24, 2.45) is 0 Å². The molecule has 170 valence electrons. The van der Waals surface area contributed by atoms with E-state index in [4.69, 9.17) is 9.47 Å². The van der Waals surface area contributed by atoms with E-state index in [0.29, 0.717) is 22.1 Å². The number of aromatic nitrogens is 2. The van der Waals surface area contributed by atoms with Crippen molar-refractivity contribution >= 4 is 11.8 Å². The van der Waals surface area contributed by atoms with Crippen LogP contribution >= 0.6 is 11.8 Å². The van der Waals surface area contributed by atoms with Gasteiger partial charge in [0.1, 0.15) is 6.61 Å². The van der Waals surface area contributed by atoms with Crippen molar-refractivity contribution in [3.05, 3.63) is 70.8 Å². The van der Waals surface area contributed by atoms with E-state index in [2.05, 4.69) is 4.98 Å². The summed E-state index contributed by atoms with van der Waals surface area (Å²) in [6.07, 6.45) is -1.52. The third kappa shape index (κ3) is 5.83. The standard InChI is InChI=1S/C22H21F3N2O4S/c1-21(2,29)13-31-17-9-6-15(12-18(17)30-3)27-11-10-26-19(20(27)28)32-16-7-4-14(5-8-16)22(23,24)25/h4-12,29H,13H2,1-3H3. The minimum absolute atomic E-state index is 0.0474. The molecule has 0 radical (unpaired) electrons. The summed E-state index contributed by atoms with van der Waals surface area (Å²) in [5.41, 5.74) is -1.75. The molecular weight excluding hydrogens is 445 g/mol. The minimum atomic E-state index is -4.43. The number of halogens is 3. The van der Waals surface area contributed by atoms with Gasteiger partial charge in [-0.25, -0.2) is 4.98 Å². The molecule has 0 unspecified atom stereocenters. The van der Waals surface area contributed by atoms with Crippen LogP contribution in [0.5, 0.6) is 11.5 Å². The number of hydrogen-bond acceptors (Lipinski definition) is 6. The molecule has 10 heteroatoms. The Morgan fingerprint density at radius 3 is 2.38 bits per heavy atom. The maximum Gasteiger partial charge on any atom is 0.416 e. The van der Waals surface area contributed by atoms with Crippen LogP contribution in [-0.2, 0) is 6.18 Å². The Kier molecular flexibility index (Phi) is 6.85. The highest BCUT2D eigenvalue weighted by Crippen LogP contribution is 2.32. The lowest BCUT2D eigenvalue weighted by atomic mass is 10.2. The average Bonchev–Trinajstić information content (AvgIpc) is 2.73. The molecule has 3 aromatic rings. The smallest absolute Gasteiger partial charge is 0.416 e. The van der Waals surface area contributed by atoms with Crippen LogP contribution in [0, 0.1) is 0 Å². The van der Waals surface area contributed by atoms with Crippen LogP contribution in [0.3, 0.4) is 0 Å². The largest absolute Gasteiger partial charge is 0.493 e. The van der Waals surface area contributed by atoms with Gasteiger partial charge < -0.3 is 14.6 Å². The highest BCUT2D eigenvalue weighted by atomic mass is 32.2. The maximum absolute atomic E-state index is 12.9. The van der Waals surface area contributed by atoms with Crippen LogP contribution in [0.2, 0.25) is 0 Å². The summed E-state index contributed by atoms with van der Waals surface area (Å²) >= 11 is 0.971. The van der Waals surface area contributed by atoms with Gasteiger partial charge >= 0.3 is 6.18 Å². The van der Waals surface area contributed by atoms with Gasteiger partial charge in [0, 0.05) is 23.4 Å². The zero-order valence-electron chi connectivity index (χ0n) is 17.5. The van der Waals surface area contributed by atoms with Crippen LogP contribution in [0.1, 0.15) is 19.4 Å². The van der Waals surface area contributed by atoms with Crippen LogP contribution in [0.15, 0.2) is 69.6 Å². The third-order valence-corrected chi connectivity index (χ3v) is 5.19. The lowest BCUT2D eigenvalue weighted by Gasteiger charge is -2.19. The summed E-state index contributed by atoms with van der Waals surface area (Å²) in [5, 5.41) is 9.95. The van der Waals surface area contributed by atoms with Gasteiger partial charge in [-0.05, 0) is 50.2 Å². The molecule has 0 amide bonds. The first-order valence-electron chi connectivity index (χ1n) is 9.44. The number of rotatable bonds is 7. The van der Waals surface area contributed by atoms with Gasteiger partial charge in [-0.2, -0.15) is 13.2 Å². The highest BCUT2D eigenvalue weighted by molar-refractivity contribution is 7.99. The molecule has 1 aromatic heterocycles. The third-order valence-electron chi connectivity index (χ3n) is 4.21. The van der Waals surface area contributed by atoms with Crippen molar-refractivity contribution in [3.8, 4) is 17.2 Å². The number of aliphatic hydroxyl groups is 1. The summed E-state index contributed by atoms with van der Waals surface area (Å²) in [6, 6.07) is 9.38. The minimum Gasteiger partial charge on any atom is -0.493 e. The Bertz CT molecular complexity index is 1140. The summed E-state index contributed by atoms with van der Waals surface area (Å²) in [4.78, 5) is 17.5. The number of ether oxygens (including phenoxy) is 2.